The van der Waals surface area contributed by atoms with Crippen LogP contribution in [0.5, 0.6) is 5.75 Å². The maximum Gasteiger partial charge on any atom is 0.415 e. The molecule has 0 radical (unpaired) electrons. The molecule has 5 heteroatoms. The number of para-hydroxylation sites is 1. The summed E-state index contributed by atoms with van der Waals surface area (Å²) in [5, 5.41) is 0.658. The SMILES string of the molecule is C=COC(=O)N1Cc2ccccc2OC(c2ccc(Cl)cc2)C1. The number of hydrogen-bond donors (Lipinski definition) is 0. The zero-order chi connectivity index (χ0) is 16.2. The number of benzene rings is 2. The van der Waals surface area contributed by atoms with Gasteiger partial charge in [0, 0.05) is 10.6 Å². The minimum atomic E-state index is -0.445. The quantitative estimate of drug-likeness (QED) is 0.758. The zero-order valence-electron chi connectivity index (χ0n) is 12.4. The Labute approximate surface area is 139 Å². The van der Waals surface area contributed by atoms with Crippen molar-refractivity contribution in [2.75, 3.05) is 6.54 Å². The molecular weight excluding hydrogens is 314 g/mol. The minimum absolute atomic E-state index is 0.298. The molecule has 0 fully saturated rings. The smallest absolute Gasteiger partial charge is 0.415 e. The van der Waals surface area contributed by atoms with Crippen LogP contribution >= 0.6 is 11.6 Å². The summed E-state index contributed by atoms with van der Waals surface area (Å²) >= 11 is 5.95. The monoisotopic (exact) mass is 329 g/mol. The van der Waals surface area contributed by atoms with Gasteiger partial charge in [-0.05, 0) is 23.8 Å². The molecule has 1 aliphatic rings. The van der Waals surface area contributed by atoms with Crippen LogP contribution in [0.4, 0.5) is 4.79 Å². The average Bonchev–Trinajstić information content (AvgIpc) is 2.75. The molecular formula is C18H16ClNO3. The van der Waals surface area contributed by atoms with Gasteiger partial charge in [0.2, 0.25) is 0 Å². The highest BCUT2D eigenvalue weighted by Gasteiger charge is 2.27. The van der Waals surface area contributed by atoms with E-state index in [1.165, 1.54) is 0 Å². The number of halogens is 1. The van der Waals surface area contributed by atoms with Crippen molar-refractivity contribution < 1.29 is 14.3 Å². The first kappa shape index (κ1) is 15.4. The number of carbonyl (C=O) groups excluding carboxylic acids is 1. The second kappa shape index (κ2) is 6.75. The highest BCUT2D eigenvalue weighted by molar-refractivity contribution is 6.30. The first-order chi connectivity index (χ1) is 11.2. The van der Waals surface area contributed by atoms with Crippen molar-refractivity contribution in [1.82, 2.24) is 4.90 Å². The van der Waals surface area contributed by atoms with Gasteiger partial charge in [0.15, 0.2) is 0 Å². The molecule has 0 N–H and O–H groups in total. The van der Waals surface area contributed by atoms with Crippen molar-refractivity contribution in [2.45, 2.75) is 12.6 Å². The van der Waals surface area contributed by atoms with Crippen LogP contribution in [0, 0.1) is 0 Å². The van der Waals surface area contributed by atoms with Crippen LogP contribution in [0.15, 0.2) is 61.4 Å². The van der Waals surface area contributed by atoms with Crippen LogP contribution < -0.4 is 4.74 Å². The third kappa shape index (κ3) is 3.48. The van der Waals surface area contributed by atoms with Gasteiger partial charge in [-0.2, -0.15) is 0 Å². The molecule has 2 aromatic rings. The number of carbonyl (C=O) groups is 1. The topological polar surface area (TPSA) is 38.8 Å². The van der Waals surface area contributed by atoms with Gasteiger partial charge in [-0.3, -0.25) is 4.90 Å². The Morgan fingerprint density at radius 2 is 2.00 bits per heavy atom. The number of rotatable bonds is 2. The summed E-state index contributed by atoms with van der Waals surface area (Å²) in [5.74, 6) is 0.765. The summed E-state index contributed by atoms with van der Waals surface area (Å²) in [4.78, 5) is 13.8. The summed E-state index contributed by atoms with van der Waals surface area (Å²) < 4.78 is 11.1. The molecule has 0 spiro atoms. The van der Waals surface area contributed by atoms with E-state index in [9.17, 15) is 4.79 Å². The van der Waals surface area contributed by atoms with E-state index in [0.717, 1.165) is 23.1 Å². The lowest BCUT2D eigenvalue weighted by molar-refractivity contribution is 0.111. The van der Waals surface area contributed by atoms with E-state index in [0.29, 0.717) is 18.1 Å². The number of hydrogen-bond acceptors (Lipinski definition) is 3. The van der Waals surface area contributed by atoms with E-state index in [4.69, 9.17) is 21.1 Å². The fraction of sp³-hybridized carbons (Fsp3) is 0.167. The van der Waals surface area contributed by atoms with Gasteiger partial charge in [-0.1, -0.05) is 48.5 Å². The normalized spacial score (nSPS) is 16.7. The molecule has 23 heavy (non-hydrogen) atoms. The Balaban J connectivity index is 1.94. The largest absolute Gasteiger partial charge is 0.484 e. The molecule has 0 saturated heterocycles. The second-order valence-corrected chi connectivity index (χ2v) is 5.63. The van der Waals surface area contributed by atoms with E-state index in [-0.39, 0.29) is 6.10 Å². The third-order valence-corrected chi connectivity index (χ3v) is 3.93. The molecule has 0 bridgehead atoms. The Morgan fingerprint density at radius 3 is 2.74 bits per heavy atom. The van der Waals surface area contributed by atoms with Crippen molar-refractivity contribution in [3.05, 3.63) is 77.5 Å². The van der Waals surface area contributed by atoms with Gasteiger partial charge >= 0.3 is 6.09 Å². The zero-order valence-corrected chi connectivity index (χ0v) is 13.2. The Bertz CT molecular complexity index is 714. The molecule has 1 amide bonds. The van der Waals surface area contributed by atoms with Gasteiger partial charge in [-0.25, -0.2) is 4.79 Å². The van der Waals surface area contributed by atoms with Crippen LogP contribution in [0.25, 0.3) is 0 Å². The van der Waals surface area contributed by atoms with Crippen LogP contribution in [-0.4, -0.2) is 17.5 Å². The van der Waals surface area contributed by atoms with Gasteiger partial charge in [0.05, 0.1) is 19.4 Å². The number of nitrogens with zero attached hydrogens (tertiary/aromatic N) is 1. The molecule has 1 unspecified atom stereocenters. The Hall–Kier alpha value is -2.46. The molecule has 2 aromatic carbocycles. The predicted octanol–water partition coefficient (Wildman–Crippen LogP) is 4.56. The summed E-state index contributed by atoms with van der Waals surface area (Å²) in [6.07, 6.45) is 0.393. The summed E-state index contributed by atoms with van der Waals surface area (Å²) in [6, 6.07) is 15.1. The Morgan fingerprint density at radius 1 is 1.26 bits per heavy atom. The molecule has 1 heterocycles. The molecule has 0 aliphatic carbocycles. The molecule has 4 nitrogen and oxygen atoms in total. The average molecular weight is 330 g/mol. The highest BCUT2D eigenvalue weighted by Crippen LogP contribution is 2.31. The van der Waals surface area contributed by atoms with Crippen molar-refractivity contribution in [3.63, 3.8) is 0 Å². The van der Waals surface area contributed by atoms with Gasteiger partial charge in [0.1, 0.15) is 11.9 Å². The van der Waals surface area contributed by atoms with Crippen LogP contribution in [-0.2, 0) is 11.3 Å². The lowest BCUT2D eigenvalue weighted by Gasteiger charge is -2.23. The summed E-state index contributed by atoms with van der Waals surface area (Å²) in [5.41, 5.74) is 1.88. The minimum Gasteiger partial charge on any atom is -0.484 e. The predicted molar refractivity (Wildman–Crippen MR) is 88.4 cm³/mol. The van der Waals surface area contributed by atoms with E-state index >= 15 is 0 Å². The lowest BCUT2D eigenvalue weighted by Crippen LogP contribution is -2.33. The molecule has 118 valence electrons. The van der Waals surface area contributed by atoms with Crippen molar-refractivity contribution in [3.8, 4) is 5.75 Å². The van der Waals surface area contributed by atoms with Crippen LogP contribution in [0.3, 0.4) is 0 Å². The number of ether oxygens (including phenoxy) is 2. The van der Waals surface area contributed by atoms with Crippen molar-refractivity contribution >= 4 is 17.7 Å². The molecule has 1 atom stereocenters. The lowest BCUT2D eigenvalue weighted by atomic mass is 10.1. The summed E-state index contributed by atoms with van der Waals surface area (Å²) in [7, 11) is 0. The van der Waals surface area contributed by atoms with Crippen molar-refractivity contribution in [2.24, 2.45) is 0 Å². The van der Waals surface area contributed by atoms with Crippen LogP contribution in [0.2, 0.25) is 5.02 Å². The third-order valence-electron chi connectivity index (χ3n) is 3.67. The molecule has 0 saturated carbocycles. The van der Waals surface area contributed by atoms with E-state index in [1.54, 1.807) is 4.90 Å². The van der Waals surface area contributed by atoms with Gasteiger partial charge < -0.3 is 9.47 Å². The van der Waals surface area contributed by atoms with Gasteiger partial charge in [0.25, 0.3) is 0 Å². The maximum absolute atomic E-state index is 12.1. The maximum atomic E-state index is 12.1. The molecule has 1 aliphatic heterocycles. The first-order valence-electron chi connectivity index (χ1n) is 7.24. The highest BCUT2D eigenvalue weighted by atomic mass is 35.5. The van der Waals surface area contributed by atoms with Crippen LogP contribution in [0.1, 0.15) is 17.2 Å². The fourth-order valence-electron chi connectivity index (χ4n) is 2.55. The molecule has 0 aromatic heterocycles. The second-order valence-electron chi connectivity index (χ2n) is 5.20. The number of amides is 1. The van der Waals surface area contributed by atoms with E-state index < -0.39 is 6.09 Å². The standard InChI is InChI=1S/C18H16ClNO3/c1-2-22-18(21)20-11-14-5-3-4-6-16(14)23-17(12-20)13-7-9-15(19)10-8-13/h2-10,17H,1,11-12H2. The van der Waals surface area contributed by atoms with Gasteiger partial charge in [-0.15, -0.1) is 0 Å². The Kier molecular flexibility index (Phi) is 4.53. The fourth-order valence-corrected chi connectivity index (χ4v) is 2.67. The van der Waals surface area contributed by atoms with Crippen molar-refractivity contribution in [1.29, 1.82) is 0 Å². The van der Waals surface area contributed by atoms with E-state index in [1.807, 2.05) is 48.5 Å². The summed E-state index contributed by atoms with van der Waals surface area (Å²) in [6.45, 7) is 4.24. The number of fused-ring (bicyclic) bond motifs is 1. The molecule has 3 rings (SSSR count). The van der Waals surface area contributed by atoms with E-state index in [2.05, 4.69) is 6.58 Å². The first-order valence-corrected chi connectivity index (χ1v) is 7.61.